The molecule has 0 saturated heterocycles. The minimum atomic E-state index is -0.703. The van der Waals surface area contributed by atoms with Crippen molar-refractivity contribution in [3.05, 3.63) is 69.7 Å². The summed E-state index contributed by atoms with van der Waals surface area (Å²) in [5.74, 6) is -0.297. The summed E-state index contributed by atoms with van der Waals surface area (Å²) in [5.41, 5.74) is 1.18. The fraction of sp³-hybridized carbons (Fsp3) is 0.136. The van der Waals surface area contributed by atoms with Gasteiger partial charge < -0.3 is 14.2 Å². The van der Waals surface area contributed by atoms with Crippen LogP contribution >= 0.6 is 15.9 Å². The van der Waals surface area contributed by atoms with Crippen LogP contribution in [0.4, 0.5) is 0 Å². The Balaban J connectivity index is 2.09. The fourth-order valence-corrected chi connectivity index (χ4v) is 2.84. The van der Waals surface area contributed by atoms with Gasteiger partial charge in [-0.1, -0.05) is 18.2 Å². The second kappa shape index (κ2) is 10.8. The first kappa shape index (κ1) is 21.9. The highest BCUT2D eigenvalue weighted by molar-refractivity contribution is 9.10. The number of carbonyl (C=O) groups is 2. The second-order valence-electron chi connectivity index (χ2n) is 5.61. The van der Waals surface area contributed by atoms with E-state index >= 15 is 0 Å². The maximum atomic E-state index is 12.1. The van der Waals surface area contributed by atoms with E-state index in [2.05, 4.69) is 15.9 Å². The molecule has 148 valence electrons. The summed E-state index contributed by atoms with van der Waals surface area (Å²) in [6.45, 7) is 1.83. The molecular weight excluding hydrogens is 438 g/mol. The second-order valence-corrected chi connectivity index (χ2v) is 6.47. The summed E-state index contributed by atoms with van der Waals surface area (Å²) in [4.78, 5) is 23.8. The predicted octanol–water partition coefficient (Wildman–Crippen LogP) is 4.55. The normalized spacial score (nSPS) is 11.0. The minimum absolute atomic E-state index is 0.139. The Morgan fingerprint density at radius 1 is 1.17 bits per heavy atom. The largest absolute Gasteiger partial charge is 0.496 e. The Labute approximate surface area is 177 Å². The summed E-state index contributed by atoms with van der Waals surface area (Å²) < 4.78 is 16.0. The van der Waals surface area contributed by atoms with Gasteiger partial charge in [0.25, 0.3) is 0 Å². The number of carbonyl (C=O) groups excluding carboxylic acids is 2. The van der Waals surface area contributed by atoms with E-state index < -0.39 is 11.9 Å². The van der Waals surface area contributed by atoms with E-state index in [0.29, 0.717) is 11.3 Å². The molecule has 0 aromatic heterocycles. The quantitative estimate of drug-likeness (QED) is 0.263. The van der Waals surface area contributed by atoms with Gasteiger partial charge in [0.1, 0.15) is 23.1 Å². The summed E-state index contributed by atoms with van der Waals surface area (Å²) >= 11 is 3.39. The SMILES string of the molecule is CCOC(=O)/C(C#N)=C/c1cccc(OC(=O)/C=C/c2ccc(OC)c(Br)c2)c1. The van der Waals surface area contributed by atoms with E-state index in [1.807, 2.05) is 6.07 Å². The zero-order valence-corrected chi connectivity index (χ0v) is 17.4. The average Bonchev–Trinajstić information content (AvgIpc) is 2.71. The van der Waals surface area contributed by atoms with Crippen LogP contribution in [0.5, 0.6) is 11.5 Å². The zero-order valence-electron chi connectivity index (χ0n) is 15.8. The van der Waals surface area contributed by atoms with Crippen LogP contribution < -0.4 is 9.47 Å². The number of esters is 2. The fourth-order valence-electron chi connectivity index (χ4n) is 2.28. The van der Waals surface area contributed by atoms with Gasteiger partial charge in [0.15, 0.2) is 0 Å². The third-order valence-corrected chi connectivity index (χ3v) is 4.21. The van der Waals surface area contributed by atoms with Crippen LogP contribution in [0, 0.1) is 11.3 Å². The molecule has 2 rings (SSSR count). The molecule has 2 aromatic carbocycles. The molecule has 6 nitrogen and oxygen atoms in total. The van der Waals surface area contributed by atoms with Crippen LogP contribution in [-0.4, -0.2) is 25.7 Å². The molecule has 0 saturated carbocycles. The van der Waals surface area contributed by atoms with Gasteiger partial charge in [-0.25, -0.2) is 9.59 Å². The maximum absolute atomic E-state index is 12.1. The number of benzene rings is 2. The molecular formula is C22H18BrNO5. The number of rotatable bonds is 7. The molecule has 0 fully saturated rings. The van der Waals surface area contributed by atoms with Crippen LogP contribution in [0.1, 0.15) is 18.1 Å². The predicted molar refractivity (Wildman–Crippen MR) is 112 cm³/mol. The van der Waals surface area contributed by atoms with E-state index in [1.165, 1.54) is 12.2 Å². The number of hydrogen-bond donors (Lipinski definition) is 0. The molecule has 0 heterocycles. The molecule has 2 aromatic rings. The third kappa shape index (κ3) is 6.63. The standard InChI is InChI=1S/C22H18BrNO5/c1-3-28-22(26)17(14-24)11-16-5-4-6-18(12-16)29-21(25)10-8-15-7-9-20(27-2)19(23)13-15/h4-13H,3H2,1-2H3/b10-8+,17-11+. The molecule has 0 N–H and O–H groups in total. The van der Waals surface area contributed by atoms with E-state index in [0.717, 1.165) is 10.0 Å². The van der Waals surface area contributed by atoms with Crippen molar-refractivity contribution in [2.45, 2.75) is 6.92 Å². The molecule has 0 spiro atoms. The van der Waals surface area contributed by atoms with E-state index in [-0.39, 0.29) is 17.9 Å². The van der Waals surface area contributed by atoms with Crippen LogP contribution in [0.3, 0.4) is 0 Å². The topological polar surface area (TPSA) is 85.6 Å². The van der Waals surface area contributed by atoms with Gasteiger partial charge in [-0.2, -0.15) is 5.26 Å². The molecule has 29 heavy (non-hydrogen) atoms. The van der Waals surface area contributed by atoms with Crippen LogP contribution in [0.15, 0.2) is 58.6 Å². The number of methoxy groups -OCH3 is 1. The molecule has 0 amide bonds. The van der Waals surface area contributed by atoms with Crippen LogP contribution in [0.25, 0.3) is 12.2 Å². The van der Waals surface area contributed by atoms with Crippen LogP contribution in [-0.2, 0) is 14.3 Å². The molecule has 0 atom stereocenters. The molecule has 7 heteroatoms. The highest BCUT2D eigenvalue weighted by Crippen LogP contribution is 2.26. The van der Waals surface area contributed by atoms with E-state index in [9.17, 15) is 9.59 Å². The first-order valence-corrected chi connectivity index (χ1v) is 9.38. The Bertz CT molecular complexity index is 1000. The van der Waals surface area contributed by atoms with Crippen molar-refractivity contribution in [3.63, 3.8) is 0 Å². The Morgan fingerprint density at radius 2 is 1.97 bits per heavy atom. The molecule has 0 aliphatic carbocycles. The summed E-state index contributed by atoms with van der Waals surface area (Å²) in [6, 6.07) is 13.7. The van der Waals surface area contributed by atoms with Crippen molar-refractivity contribution in [1.82, 2.24) is 0 Å². The Morgan fingerprint density at radius 3 is 2.62 bits per heavy atom. The monoisotopic (exact) mass is 455 g/mol. The Kier molecular flexibility index (Phi) is 8.19. The number of ether oxygens (including phenoxy) is 3. The van der Waals surface area contributed by atoms with Crippen molar-refractivity contribution >= 4 is 40.0 Å². The van der Waals surface area contributed by atoms with E-state index in [4.69, 9.17) is 19.5 Å². The van der Waals surface area contributed by atoms with Gasteiger partial charge in [-0.3, -0.25) is 0 Å². The number of hydrogen-bond acceptors (Lipinski definition) is 6. The van der Waals surface area contributed by atoms with Gasteiger partial charge in [-0.15, -0.1) is 0 Å². The zero-order chi connectivity index (χ0) is 21.2. The lowest BCUT2D eigenvalue weighted by Gasteiger charge is -2.04. The highest BCUT2D eigenvalue weighted by atomic mass is 79.9. The van der Waals surface area contributed by atoms with Gasteiger partial charge >= 0.3 is 11.9 Å². The lowest BCUT2D eigenvalue weighted by atomic mass is 10.1. The summed E-state index contributed by atoms with van der Waals surface area (Å²) in [5, 5.41) is 9.10. The molecule has 0 radical (unpaired) electrons. The van der Waals surface area contributed by atoms with Gasteiger partial charge in [0.2, 0.25) is 0 Å². The molecule has 0 bridgehead atoms. The first-order valence-electron chi connectivity index (χ1n) is 8.59. The highest BCUT2D eigenvalue weighted by Gasteiger charge is 2.10. The average molecular weight is 456 g/mol. The lowest BCUT2D eigenvalue weighted by Crippen LogP contribution is -2.06. The van der Waals surface area contributed by atoms with Crippen LogP contribution in [0.2, 0.25) is 0 Å². The van der Waals surface area contributed by atoms with E-state index in [1.54, 1.807) is 62.6 Å². The van der Waals surface area contributed by atoms with Crippen molar-refractivity contribution < 1.29 is 23.8 Å². The van der Waals surface area contributed by atoms with Crippen molar-refractivity contribution in [2.75, 3.05) is 13.7 Å². The van der Waals surface area contributed by atoms with Gasteiger partial charge in [0.05, 0.1) is 18.2 Å². The number of nitrogens with zero attached hydrogens (tertiary/aromatic N) is 1. The third-order valence-electron chi connectivity index (χ3n) is 3.59. The Hall–Kier alpha value is -3.37. The van der Waals surface area contributed by atoms with Gasteiger partial charge in [-0.05, 0) is 70.4 Å². The molecule has 0 unspecified atom stereocenters. The summed E-state index contributed by atoms with van der Waals surface area (Å²) in [7, 11) is 1.57. The van der Waals surface area contributed by atoms with Crippen molar-refractivity contribution in [3.8, 4) is 17.6 Å². The maximum Gasteiger partial charge on any atom is 0.348 e. The number of nitriles is 1. The first-order chi connectivity index (χ1) is 14.0. The molecule has 0 aliphatic rings. The van der Waals surface area contributed by atoms with Crippen molar-refractivity contribution in [2.24, 2.45) is 0 Å². The van der Waals surface area contributed by atoms with Crippen molar-refractivity contribution in [1.29, 1.82) is 5.26 Å². The smallest absolute Gasteiger partial charge is 0.348 e. The number of halogens is 1. The lowest BCUT2D eigenvalue weighted by molar-refractivity contribution is -0.138. The van der Waals surface area contributed by atoms with Gasteiger partial charge in [0, 0.05) is 6.08 Å². The summed E-state index contributed by atoms with van der Waals surface area (Å²) in [6.07, 6.45) is 4.29. The molecule has 0 aliphatic heterocycles. The minimum Gasteiger partial charge on any atom is -0.496 e.